The fourth-order valence-corrected chi connectivity index (χ4v) is 11.4. The molecular formula is C37H62F6N4O10S2. The molecule has 0 amide bonds. The van der Waals surface area contributed by atoms with Crippen molar-refractivity contribution in [3.8, 4) is 0 Å². The molecular weight excluding hydrogens is 839 g/mol. The van der Waals surface area contributed by atoms with E-state index in [1.165, 1.54) is 25.7 Å². The number of quaternary nitrogens is 2. The fourth-order valence-electron chi connectivity index (χ4n) is 11.4. The highest BCUT2D eigenvalue weighted by molar-refractivity contribution is 7.86. The highest BCUT2D eigenvalue weighted by Gasteiger charge is 2.65. The van der Waals surface area contributed by atoms with Gasteiger partial charge in [0.15, 0.2) is 20.2 Å². The lowest BCUT2D eigenvalue weighted by molar-refractivity contribution is -0.894. The Balaban J connectivity index is 0.000000406. The Bertz CT molecular complexity index is 1690. The number of hydrogen-bond acceptors (Lipinski definition) is 12. The molecule has 14 nitrogen and oxygen atoms in total. The van der Waals surface area contributed by atoms with Crippen LogP contribution in [0.3, 0.4) is 0 Å². The van der Waals surface area contributed by atoms with E-state index in [4.69, 9.17) is 35.4 Å². The number of piperazine rings is 2. The summed E-state index contributed by atoms with van der Waals surface area (Å²) < 4.78 is 132. The molecule has 0 aromatic carbocycles. The molecule has 0 N–H and O–H groups in total. The molecule has 2 saturated heterocycles. The van der Waals surface area contributed by atoms with Crippen LogP contribution in [0.2, 0.25) is 0 Å². The van der Waals surface area contributed by atoms with Gasteiger partial charge in [-0.15, -0.1) is 0 Å². The Morgan fingerprint density at radius 3 is 1.49 bits per heavy atom. The molecule has 6 rings (SSSR count). The van der Waals surface area contributed by atoms with Gasteiger partial charge in [0.2, 0.25) is 0 Å². The number of carbonyl (C=O) groups is 2. The van der Waals surface area contributed by atoms with Gasteiger partial charge in [0.05, 0.1) is 54.4 Å². The molecule has 0 aromatic rings. The number of alkyl halides is 6. The highest BCUT2D eigenvalue weighted by atomic mass is 32.2. The third-order valence-electron chi connectivity index (χ3n) is 14.7. The van der Waals surface area contributed by atoms with Crippen LogP contribution in [0.25, 0.3) is 0 Å². The Morgan fingerprint density at radius 2 is 1.08 bits per heavy atom. The van der Waals surface area contributed by atoms with Gasteiger partial charge in [-0.25, -0.2) is 16.8 Å². The third kappa shape index (κ3) is 11.4. The van der Waals surface area contributed by atoms with Gasteiger partial charge in [0, 0.05) is 57.5 Å². The van der Waals surface area contributed by atoms with E-state index in [9.17, 15) is 35.9 Å². The maximum Gasteiger partial charge on any atom is 0.485 e. The average Bonchev–Trinajstić information content (AvgIpc) is 3.34. The number of hydrogen-bond donors (Lipinski definition) is 0. The topological polar surface area (TPSA) is 173 Å². The van der Waals surface area contributed by atoms with Crippen LogP contribution in [-0.2, 0) is 39.3 Å². The normalized spacial score (nSPS) is 37.5. The summed E-state index contributed by atoms with van der Waals surface area (Å²) in [5.41, 5.74) is -11.0. The molecule has 4 aliphatic carbocycles. The summed E-state index contributed by atoms with van der Waals surface area (Å²) in [6, 6.07) is 0.656. The smallest absolute Gasteiger partial charge is 0.485 e. The van der Waals surface area contributed by atoms with Crippen molar-refractivity contribution < 1.29 is 80.3 Å². The van der Waals surface area contributed by atoms with E-state index in [0.717, 1.165) is 80.6 Å². The third-order valence-corrected chi connectivity index (χ3v) is 15.8. The van der Waals surface area contributed by atoms with Gasteiger partial charge in [-0.3, -0.25) is 19.4 Å². The number of esters is 2. The minimum absolute atomic E-state index is 0.00234. The summed E-state index contributed by atoms with van der Waals surface area (Å²) >= 11 is 0. The summed E-state index contributed by atoms with van der Waals surface area (Å²) in [5, 5.41) is 0. The van der Waals surface area contributed by atoms with Crippen LogP contribution < -0.4 is 0 Å². The molecule has 0 bridgehead atoms. The minimum atomic E-state index is -6.09. The van der Waals surface area contributed by atoms with Gasteiger partial charge in [0.1, 0.15) is 12.2 Å². The Kier molecular flexibility index (Phi) is 14.7. The van der Waals surface area contributed by atoms with Crippen LogP contribution in [0.5, 0.6) is 0 Å². The average molecular weight is 901 g/mol. The van der Waals surface area contributed by atoms with E-state index in [1.54, 1.807) is 13.8 Å². The largest absolute Gasteiger partial charge is 0.741 e. The first kappa shape index (κ1) is 49.8. The lowest BCUT2D eigenvalue weighted by atomic mass is 9.44. The van der Waals surface area contributed by atoms with Crippen LogP contribution in [-0.4, -0.2) is 173 Å². The fraction of sp³-hybridized carbons (Fsp3) is 0.946. The first-order valence-electron chi connectivity index (χ1n) is 20.1. The van der Waals surface area contributed by atoms with Crippen LogP contribution in [0, 0.1) is 34.5 Å². The molecule has 4 saturated carbocycles. The van der Waals surface area contributed by atoms with Gasteiger partial charge in [-0.05, 0) is 74.0 Å². The maximum absolute atomic E-state index is 12.5. The number of ether oxygens (including phenoxy) is 2. The number of fused-ring (bicyclic) bond motifs is 5. The molecule has 6 fully saturated rings. The second kappa shape index (κ2) is 17.4. The highest BCUT2D eigenvalue weighted by Crippen LogP contribution is 2.67. The van der Waals surface area contributed by atoms with Crippen molar-refractivity contribution in [1.29, 1.82) is 0 Å². The van der Waals surface area contributed by atoms with Crippen molar-refractivity contribution in [2.24, 2.45) is 34.5 Å². The van der Waals surface area contributed by atoms with Gasteiger partial charge in [-0.2, -0.15) is 26.3 Å². The summed E-state index contributed by atoms with van der Waals surface area (Å²) in [6.07, 6.45) is 8.22. The quantitative estimate of drug-likeness (QED) is 0.132. The molecule has 344 valence electrons. The Labute approximate surface area is 344 Å². The molecule has 4 unspecified atom stereocenters. The summed E-state index contributed by atoms with van der Waals surface area (Å²) in [6.45, 7) is 17.3. The molecule has 2 heterocycles. The Morgan fingerprint density at radius 1 is 0.661 bits per heavy atom. The standard InChI is InChI=1S/C35H62N4O4.2CHF3O3S/c1-24(40)42-32-21-26-9-10-27-28(35(26,4)23-31(32)37-15-19-39(7,8)20-16-37)11-12-34(3)29(27)22-30(33(34)43-25(2)41)36-13-17-38(5,6)18-14-36;2*2-1(3,4)8(5,6)7/h26-33H,9-23H2,1-8H3;2*(H,5,6,7)/q+2;;/p-2/t26?,27?,28?,29?,30-,31-,32-,33-,34-,35-;;/m0../s1. The summed E-state index contributed by atoms with van der Waals surface area (Å²) in [5.74, 6) is 2.35. The molecule has 0 spiro atoms. The molecule has 2 aliphatic heterocycles. The number of likely N-dealkylation sites (N-methyl/N-ethyl adjacent to an activating group) is 2. The maximum atomic E-state index is 12.5. The number of halogens is 6. The van der Waals surface area contributed by atoms with Crippen molar-refractivity contribution in [2.75, 3.05) is 80.5 Å². The number of nitrogens with zero attached hydrogens (tertiary/aromatic N) is 4. The van der Waals surface area contributed by atoms with E-state index in [2.05, 4.69) is 51.8 Å². The van der Waals surface area contributed by atoms with E-state index >= 15 is 0 Å². The van der Waals surface area contributed by atoms with Gasteiger partial charge < -0.3 is 27.5 Å². The van der Waals surface area contributed by atoms with Crippen LogP contribution in [0.1, 0.15) is 72.6 Å². The van der Waals surface area contributed by atoms with Gasteiger partial charge in [-0.1, -0.05) is 13.8 Å². The van der Waals surface area contributed by atoms with Gasteiger partial charge >= 0.3 is 23.0 Å². The second-order valence-electron chi connectivity index (χ2n) is 19.3. The van der Waals surface area contributed by atoms with E-state index < -0.39 is 31.3 Å². The van der Waals surface area contributed by atoms with E-state index in [0.29, 0.717) is 35.8 Å². The molecule has 22 heteroatoms. The predicted octanol–water partition coefficient (Wildman–Crippen LogP) is 3.74. The lowest BCUT2D eigenvalue weighted by Gasteiger charge is -2.62. The number of rotatable bonds is 4. The van der Waals surface area contributed by atoms with Crippen molar-refractivity contribution in [1.82, 2.24) is 9.80 Å². The lowest BCUT2D eigenvalue weighted by Crippen LogP contribution is -2.64. The first-order valence-corrected chi connectivity index (χ1v) is 22.9. The van der Waals surface area contributed by atoms with Crippen LogP contribution in [0.4, 0.5) is 26.3 Å². The minimum Gasteiger partial charge on any atom is -0.741 e. The zero-order valence-electron chi connectivity index (χ0n) is 35.2. The Hall–Kier alpha value is -1.82. The molecule has 6 aliphatic rings. The van der Waals surface area contributed by atoms with E-state index in [-0.39, 0.29) is 35.0 Å². The molecule has 59 heavy (non-hydrogen) atoms. The molecule has 0 aromatic heterocycles. The van der Waals surface area contributed by atoms with E-state index in [1.807, 2.05) is 0 Å². The molecule has 0 radical (unpaired) electrons. The van der Waals surface area contributed by atoms with Crippen molar-refractivity contribution >= 4 is 32.2 Å². The summed E-state index contributed by atoms with van der Waals surface area (Å²) in [7, 11) is -2.82. The van der Waals surface area contributed by atoms with Crippen molar-refractivity contribution in [3.63, 3.8) is 0 Å². The van der Waals surface area contributed by atoms with Crippen molar-refractivity contribution in [2.45, 2.75) is 108 Å². The number of carbonyl (C=O) groups excluding carboxylic acids is 2. The second-order valence-corrected chi connectivity index (χ2v) is 22.1. The monoisotopic (exact) mass is 900 g/mol. The first-order chi connectivity index (χ1) is 26.6. The predicted molar refractivity (Wildman–Crippen MR) is 200 cm³/mol. The zero-order valence-corrected chi connectivity index (χ0v) is 36.8. The SMILES string of the molecule is CC(=O)O[C@H]1CC2CCC3C(CC[C@@]4(C)C3C[C@H](N3CC[N+](C)(C)CC3)[C@@H]4OC(C)=O)[C@@]2(C)C[C@@H]1N1CC[N+](C)(C)CC1.O=S(=O)([O-])C(F)(F)F.O=S(=O)([O-])C(F)(F)F. The van der Waals surface area contributed by atoms with Crippen LogP contribution in [0.15, 0.2) is 0 Å². The van der Waals surface area contributed by atoms with Crippen LogP contribution >= 0.6 is 0 Å². The zero-order chi connectivity index (χ0) is 44.9. The van der Waals surface area contributed by atoms with Gasteiger partial charge in [0.25, 0.3) is 0 Å². The van der Waals surface area contributed by atoms with Crippen molar-refractivity contribution in [3.05, 3.63) is 0 Å². The molecule has 10 atom stereocenters. The summed E-state index contributed by atoms with van der Waals surface area (Å²) in [4.78, 5) is 30.2.